The van der Waals surface area contributed by atoms with E-state index < -0.39 is 26.7 Å². The summed E-state index contributed by atoms with van der Waals surface area (Å²) < 4.78 is 22.7. The summed E-state index contributed by atoms with van der Waals surface area (Å²) in [6, 6.07) is 0. The second kappa shape index (κ2) is 4.11. The Morgan fingerprint density at radius 3 is 2.67 bits per heavy atom. The number of halogens is 1. The molecule has 0 spiro atoms. The lowest BCUT2D eigenvalue weighted by Gasteiger charge is -2.01. The molecule has 0 radical (unpaired) electrons. The molecule has 1 rings (SSSR count). The topological polar surface area (TPSA) is 97.2 Å². The van der Waals surface area contributed by atoms with Crippen molar-refractivity contribution in [3.05, 3.63) is 16.9 Å². The molecular formula is C7H7ClN2O4S. The van der Waals surface area contributed by atoms with Gasteiger partial charge in [0.1, 0.15) is 0 Å². The summed E-state index contributed by atoms with van der Waals surface area (Å²) in [5.74, 6) is -1.59. The fourth-order valence-corrected chi connectivity index (χ4v) is 1.65. The van der Waals surface area contributed by atoms with Crippen LogP contribution in [0.1, 0.15) is 17.4 Å². The number of carboxylic acid groups (broad SMARTS) is 1. The van der Waals surface area contributed by atoms with Crippen molar-refractivity contribution in [3.8, 4) is 0 Å². The first-order chi connectivity index (χ1) is 6.88. The third kappa shape index (κ3) is 2.42. The quantitative estimate of drug-likeness (QED) is 0.790. The molecule has 0 saturated carbocycles. The molecule has 1 aromatic rings. The van der Waals surface area contributed by atoms with Gasteiger partial charge >= 0.3 is 5.97 Å². The van der Waals surface area contributed by atoms with Crippen molar-refractivity contribution in [2.45, 2.75) is 12.1 Å². The number of aromatic carboxylic acids is 1. The number of rotatable bonds is 3. The molecule has 6 nitrogen and oxygen atoms in total. The van der Waals surface area contributed by atoms with Crippen molar-refractivity contribution in [2.24, 2.45) is 0 Å². The number of nitrogens with zero attached hydrogens (tertiary/aromatic N) is 2. The lowest BCUT2D eigenvalue weighted by Crippen LogP contribution is -2.12. The summed E-state index contributed by atoms with van der Waals surface area (Å²) in [6.45, 7) is 1.41. The Labute approximate surface area is 90.8 Å². The van der Waals surface area contributed by atoms with Gasteiger partial charge < -0.3 is 5.11 Å². The number of sulfone groups is 1. The molecule has 15 heavy (non-hydrogen) atoms. The predicted molar refractivity (Wildman–Crippen MR) is 51.7 cm³/mol. The second-order valence-electron chi connectivity index (χ2n) is 2.56. The molecule has 0 atom stereocenters. The minimum Gasteiger partial charge on any atom is -0.476 e. The van der Waals surface area contributed by atoms with Crippen molar-refractivity contribution in [2.75, 3.05) is 5.75 Å². The Morgan fingerprint density at radius 2 is 2.20 bits per heavy atom. The second-order valence-corrected chi connectivity index (χ2v) is 5.14. The van der Waals surface area contributed by atoms with E-state index in [0.717, 1.165) is 6.20 Å². The van der Waals surface area contributed by atoms with Gasteiger partial charge in [0.05, 0.1) is 17.0 Å². The largest absolute Gasteiger partial charge is 0.476 e. The number of hydrogen-bond acceptors (Lipinski definition) is 5. The van der Waals surface area contributed by atoms with Gasteiger partial charge in [-0.3, -0.25) is 0 Å². The maximum absolute atomic E-state index is 11.3. The van der Waals surface area contributed by atoms with Crippen LogP contribution in [0.25, 0.3) is 0 Å². The first-order valence-electron chi connectivity index (χ1n) is 3.87. The Balaban J connectivity index is 3.38. The molecule has 1 heterocycles. The maximum atomic E-state index is 11.3. The molecule has 0 bridgehead atoms. The third-order valence-electron chi connectivity index (χ3n) is 1.58. The zero-order chi connectivity index (χ0) is 11.6. The highest BCUT2D eigenvalue weighted by Crippen LogP contribution is 2.14. The first-order valence-corrected chi connectivity index (χ1v) is 5.90. The van der Waals surface area contributed by atoms with Crippen LogP contribution >= 0.6 is 11.6 Å². The molecule has 1 N–H and O–H groups in total. The van der Waals surface area contributed by atoms with Gasteiger partial charge in [-0.25, -0.2) is 23.2 Å². The number of hydrogen-bond donors (Lipinski definition) is 1. The molecule has 1 aromatic heterocycles. The monoisotopic (exact) mass is 250 g/mol. The van der Waals surface area contributed by atoms with Crippen LogP contribution in [0.4, 0.5) is 0 Å². The fraction of sp³-hybridized carbons (Fsp3) is 0.286. The van der Waals surface area contributed by atoms with Gasteiger partial charge in [0, 0.05) is 0 Å². The summed E-state index contributed by atoms with van der Waals surface area (Å²) in [6.07, 6.45) is 0.959. The number of aromatic nitrogens is 2. The average Bonchev–Trinajstić information content (AvgIpc) is 2.17. The predicted octanol–water partition coefficient (Wildman–Crippen LogP) is 0.622. The van der Waals surface area contributed by atoms with Crippen molar-refractivity contribution < 1.29 is 18.3 Å². The Kier molecular flexibility index (Phi) is 3.25. The highest BCUT2D eigenvalue weighted by atomic mass is 35.5. The van der Waals surface area contributed by atoms with Crippen LogP contribution < -0.4 is 0 Å². The summed E-state index contributed by atoms with van der Waals surface area (Å²) in [4.78, 5) is 17.5. The first kappa shape index (κ1) is 11.9. The highest BCUT2D eigenvalue weighted by molar-refractivity contribution is 7.91. The Morgan fingerprint density at radius 1 is 1.60 bits per heavy atom. The lowest BCUT2D eigenvalue weighted by molar-refractivity contribution is 0.0689. The van der Waals surface area contributed by atoms with Gasteiger partial charge in [-0.1, -0.05) is 18.5 Å². The molecule has 0 aliphatic rings. The van der Waals surface area contributed by atoms with Gasteiger partial charge in [-0.2, -0.15) is 0 Å². The molecular weight excluding hydrogens is 244 g/mol. The maximum Gasteiger partial charge on any atom is 0.356 e. The van der Waals surface area contributed by atoms with Gasteiger partial charge in [0.2, 0.25) is 15.0 Å². The van der Waals surface area contributed by atoms with E-state index in [9.17, 15) is 13.2 Å². The lowest BCUT2D eigenvalue weighted by atomic mass is 10.4. The van der Waals surface area contributed by atoms with Gasteiger partial charge in [0.15, 0.2) is 5.69 Å². The van der Waals surface area contributed by atoms with Crippen LogP contribution in [0.5, 0.6) is 0 Å². The van der Waals surface area contributed by atoms with E-state index in [1.54, 1.807) is 0 Å². The summed E-state index contributed by atoms with van der Waals surface area (Å²) in [5.41, 5.74) is -0.515. The van der Waals surface area contributed by atoms with Crippen LogP contribution in [0, 0.1) is 0 Å². The minimum absolute atomic E-state index is 0.197. The molecule has 0 unspecified atom stereocenters. The van der Waals surface area contributed by atoms with Crippen LogP contribution in [0.15, 0.2) is 11.4 Å². The molecule has 0 saturated heterocycles. The van der Waals surface area contributed by atoms with E-state index in [0.29, 0.717) is 0 Å². The summed E-state index contributed by atoms with van der Waals surface area (Å²) in [5, 5.41) is 7.94. The SMILES string of the molecule is CCS(=O)(=O)c1ncc(Cl)c(C(=O)O)n1. The zero-order valence-electron chi connectivity index (χ0n) is 7.64. The molecule has 0 aliphatic carbocycles. The third-order valence-corrected chi connectivity index (χ3v) is 3.37. The Bertz CT molecular complexity index is 500. The molecule has 0 aromatic carbocycles. The van der Waals surface area contributed by atoms with E-state index in [4.69, 9.17) is 16.7 Å². The summed E-state index contributed by atoms with van der Waals surface area (Å²) >= 11 is 5.48. The highest BCUT2D eigenvalue weighted by Gasteiger charge is 2.20. The molecule has 0 fully saturated rings. The molecule has 0 amide bonds. The molecule has 8 heteroatoms. The van der Waals surface area contributed by atoms with Crippen molar-refractivity contribution in [3.63, 3.8) is 0 Å². The van der Waals surface area contributed by atoms with Crippen molar-refractivity contribution in [1.82, 2.24) is 9.97 Å². The zero-order valence-corrected chi connectivity index (χ0v) is 9.21. The standard InChI is InChI=1S/C7H7ClN2O4S/c1-2-15(13,14)7-9-3-4(8)5(10-7)6(11)12/h3H,2H2,1H3,(H,11,12). The number of carbonyl (C=O) groups is 1. The van der Waals surface area contributed by atoms with Crippen molar-refractivity contribution >= 4 is 27.4 Å². The van der Waals surface area contributed by atoms with Crippen LogP contribution in [0.2, 0.25) is 5.02 Å². The summed E-state index contributed by atoms with van der Waals surface area (Å²) in [7, 11) is -3.62. The average molecular weight is 251 g/mol. The van der Waals surface area contributed by atoms with Gasteiger partial charge in [-0.05, 0) is 0 Å². The van der Waals surface area contributed by atoms with Crippen LogP contribution in [0.3, 0.4) is 0 Å². The smallest absolute Gasteiger partial charge is 0.356 e. The normalized spacial score (nSPS) is 11.3. The van der Waals surface area contributed by atoms with Crippen molar-refractivity contribution in [1.29, 1.82) is 0 Å². The van der Waals surface area contributed by atoms with Gasteiger partial charge in [-0.15, -0.1) is 0 Å². The van der Waals surface area contributed by atoms with E-state index in [1.807, 2.05) is 0 Å². The Hall–Kier alpha value is -1.21. The number of carboxylic acids is 1. The molecule has 0 aliphatic heterocycles. The van der Waals surface area contributed by atoms with Gasteiger partial charge in [0.25, 0.3) is 0 Å². The van der Waals surface area contributed by atoms with E-state index in [-0.39, 0.29) is 10.8 Å². The van der Waals surface area contributed by atoms with Crippen LogP contribution in [-0.2, 0) is 9.84 Å². The fourth-order valence-electron chi connectivity index (χ4n) is 0.780. The van der Waals surface area contributed by atoms with E-state index >= 15 is 0 Å². The minimum atomic E-state index is -3.62. The van der Waals surface area contributed by atoms with E-state index in [1.165, 1.54) is 6.92 Å². The molecule has 82 valence electrons. The van der Waals surface area contributed by atoms with Crippen LogP contribution in [-0.4, -0.2) is 35.2 Å². The van der Waals surface area contributed by atoms with E-state index in [2.05, 4.69) is 9.97 Å².